The lowest BCUT2D eigenvalue weighted by Gasteiger charge is -2.19. The number of nitrogens with zero attached hydrogens (tertiary/aromatic N) is 4. The van der Waals surface area contributed by atoms with Gasteiger partial charge in [-0.3, -0.25) is 0 Å². The first kappa shape index (κ1) is 12.6. The molecule has 4 nitrogen and oxygen atoms in total. The normalized spacial score (nSPS) is 17.4. The summed E-state index contributed by atoms with van der Waals surface area (Å²) in [7, 11) is 0. The summed E-state index contributed by atoms with van der Waals surface area (Å²) in [5, 5.41) is 25.4. The molecular weight excluding hydrogens is 176 g/mol. The van der Waals surface area contributed by atoms with Gasteiger partial charge in [0.05, 0.1) is 12.1 Å². The molecule has 0 rings (SSSR count). The molecule has 14 heavy (non-hydrogen) atoms. The number of nitriles is 2. The first-order valence-electron chi connectivity index (χ1n) is 4.73. The third-order valence-corrected chi connectivity index (χ3v) is 2.29. The van der Waals surface area contributed by atoms with Gasteiger partial charge in [-0.25, -0.2) is 0 Å². The Bertz CT molecular complexity index is 281. The molecule has 0 spiro atoms. The molecule has 0 saturated carbocycles. The Morgan fingerprint density at radius 2 is 1.93 bits per heavy atom. The third-order valence-electron chi connectivity index (χ3n) is 2.29. The Balaban J connectivity index is 4.65. The van der Waals surface area contributed by atoms with E-state index in [1.54, 1.807) is 6.92 Å². The largest absolute Gasteiger partial charge is 0.196 e. The number of rotatable bonds is 4. The second-order valence-electron chi connectivity index (χ2n) is 3.68. The van der Waals surface area contributed by atoms with E-state index in [1.807, 2.05) is 26.8 Å². The van der Waals surface area contributed by atoms with Crippen LogP contribution in [0.15, 0.2) is 10.2 Å². The maximum absolute atomic E-state index is 8.93. The lowest BCUT2D eigenvalue weighted by Crippen LogP contribution is -2.26. The van der Waals surface area contributed by atoms with Gasteiger partial charge in [-0.1, -0.05) is 20.8 Å². The fourth-order valence-electron chi connectivity index (χ4n) is 0.655. The summed E-state index contributed by atoms with van der Waals surface area (Å²) in [6.45, 7) is 7.42. The highest BCUT2D eigenvalue weighted by atomic mass is 15.2. The quantitative estimate of drug-likeness (QED) is 0.642. The molecule has 0 heterocycles. The second kappa shape index (κ2) is 5.34. The first-order valence-corrected chi connectivity index (χ1v) is 4.73. The average molecular weight is 192 g/mol. The maximum Gasteiger partial charge on any atom is 0.167 e. The summed E-state index contributed by atoms with van der Waals surface area (Å²) < 4.78 is 0. The van der Waals surface area contributed by atoms with E-state index in [0.717, 1.165) is 0 Å². The van der Waals surface area contributed by atoms with E-state index in [4.69, 9.17) is 10.5 Å². The van der Waals surface area contributed by atoms with Gasteiger partial charge in [0.15, 0.2) is 11.6 Å². The fourth-order valence-corrected chi connectivity index (χ4v) is 0.655. The molecule has 0 aliphatic heterocycles. The minimum atomic E-state index is -0.815. The second-order valence-corrected chi connectivity index (χ2v) is 3.68. The van der Waals surface area contributed by atoms with Gasteiger partial charge in [-0.15, -0.1) is 0 Å². The summed E-state index contributed by atoms with van der Waals surface area (Å²) in [6, 6.07) is 3.70. The third kappa shape index (κ3) is 3.14. The van der Waals surface area contributed by atoms with Crippen LogP contribution in [0.2, 0.25) is 0 Å². The van der Waals surface area contributed by atoms with Gasteiger partial charge in [0, 0.05) is 0 Å². The SMILES string of the molecule is CCC(C#N)N=NC(C)(C#N)C(C)C. The lowest BCUT2D eigenvalue weighted by molar-refractivity contribution is 0.406. The summed E-state index contributed by atoms with van der Waals surface area (Å²) in [5.74, 6) is 0.0902. The van der Waals surface area contributed by atoms with Crippen LogP contribution < -0.4 is 0 Å². The molecule has 0 bridgehead atoms. The van der Waals surface area contributed by atoms with E-state index in [9.17, 15) is 0 Å². The molecule has 0 radical (unpaired) electrons. The highest BCUT2D eigenvalue weighted by Gasteiger charge is 2.28. The highest BCUT2D eigenvalue weighted by molar-refractivity contribution is 5.05. The molecular formula is C10H16N4. The molecule has 4 heteroatoms. The average Bonchev–Trinajstić information content (AvgIpc) is 2.18. The van der Waals surface area contributed by atoms with Crippen molar-refractivity contribution in [3.63, 3.8) is 0 Å². The van der Waals surface area contributed by atoms with E-state index in [0.29, 0.717) is 6.42 Å². The van der Waals surface area contributed by atoms with Crippen molar-refractivity contribution in [3.05, 3.63) is 0 Å². The molecule has 2 atom stereocenters. The number of hydrogen-bond acceptors (Lipinski definition) is 4. The number of hydrogen-bond donors (Lipinski definition) is 0. The topological polar surface area (TPSA) is 72.3 Å². The molecule has 0 aliphatic rings. The molecule has 76 valence electrons. The highest BCUT2D eigenvalue weighted by Crippen LogP contribution is 2.21. The van der Waals surface area contributed by atoms with Crippen LogP contribution in [-0.4, -0.2) is 11.6 Å². The predicted molar refractivity (Wildman–Crippen MR) is 53.4 cm³/mol. The maximum atomic E-state index is 8.93. The molecule has 0 saturated heterocycles. The van der Waals surface area contributed by atoms with Crippen molar-refractivity contribution in [1.82, 2.24) is 0 Å². The van der Waals surface area contributed by atoms with Crippen LogP contribution in [0.5, 0.6) is 0 Å². The van der Waals surface area contributed by atoms with Crippen LogP contribution in [0.25, 0.3) is 0 Å². The Labute approximate surface area is 85.3 Å². The van der Waals surface area contributed by atoms with Gasteiger partial charge in [0.1, 0.15) is 0 Å². The van der Waals surface area contributed by atoms with Gasteiger partial charge in [0.25, 0.3) is 0 Å². The molecule has 0 amide bonds. The molecule has 0 aliphatic carbocycles. The van der Waals surface area contributed by atoms with Crippen LogP contribution in [0.1, 0.15) is 34.1 Å². The van der Waals surface area contributed by atoms with Crippen molar-refractivity contribution >= 4 is 0 Å². The van der Waals surface area contributed by atoms with E-state index in [1.165, 1.54) is 0 Å². The van der Waals surface area contributed by atoms with Crippen LogP contribution in [0.4, 0.5) is 0 Å². The van der Waals surface area contributed by atoms with Gasteiger partial charge >= 0.3 is 0 Å². The van der Waals surface area contributed by atoms with Crippen LogP contribution in [-0.2, 0) is 0 Å². The van der Waals surface area contributed by atoms with Gasteiger partial charge in [0.2, 0.25) is 0 Å². The fraction of sp³-hybridized carbons (Fsp3) is 0.800. The molecule has 0 fully saturated rings. The van der Waals surface area contributed by atoms with Crippen molar-refractivity contribution < 1.29 is 0 Å². The number of azo groups is 1. The molecule has 0 aromatic heterocycles. The summed E-state index contributed by atoms with van der Waals surface area (Å²) in [6.07, 6.45) is 0.625. The van der Waals surface area contributed by atoms with Crippen molar-refractivity contribution in [2.24, 2.45) is 16.1 Å². The van der Waals surface area contributed by atoms with Gasteiger partial charge in [-0.2, -0.15) is 20.8 Å². The minimum Gasteiger partial charge on any atom is -0.196 e. The van der Waals surface area contributed by atoms with Gasteiger partial charge in [-0.05, 0) is 19.3 Å². The van der Waals surface area contributed by atoms with E-state index in [-0.39, 0.29) is 5.92 Å². The zero-order chi connectivity index (χ0) is 11.2. The molecule has 2 unspecified atom stereocenters. The zero-order valence-corrected chi connectivity index (χ0v) is 9.15. The molecule has 0 N–H and O–H groups in total. The van der Waals surface area contributed by atoms with Gasteiger partial charge < -0.3 is 0 Å². The monoisotopic (exact) mass is 192 g/mol. The Hall–Kier alpha value is -1.42. The lowest BCUT2D eigenvalue weighted by atomic mass is 9.91. The standard InChI is InChI=1S/C10H16N4/c1-5-9(6-11)13-14-10(4,7-12)8(2)3/h8-9H,5H2,1-4H3. The summed E-state index contributed by atoms with van der Waals surface area (Å²) >= 11 is 0. The van der Waals surface area contributed by atoms with E-state index < -0.39 is 11.6 Å². The van der Waals surface area contributed by atoms with Crippen molar-refractivity contribution in [2.45, 2.75) is 45.7 Å². The summed E-state index contributed by atoms with van der Waals surface area (Å²) in [5.41, 5.74) is -0.815. The first-order chi connectivity index (χ1) is 6.50. The van der Waals surface area contributed by atoms with Crippen molar-refractivity contribution in [3.8, 4) is 12.1 Å². The van der Waals surface area contributed by atoms with E-state index in [2.05, 4.69) is 16.3 Å². The van der Waals surface area contributed by atoms with Crippen LogP contribution in [0, 0.1) is 28.6 Å². The Kier molecular flexibility index (Phi) is 4.80. The summed E-state index contributed by atoms with van der Waals surface area (Å²) in [4.78, 5) is 0. The van der Waals surface area contributed by atoms with Crippen molar-refractivity contribution in [1.29, 1.82) is 10.5 Å². The Morgan fingerprint density at radius 3 is 2.21 bits per heavy atom. The molecule has 0 aromatic rings. The van der Waals surface area contributed by atoms with Crippen molar-refractivity contribution in [2.75, 3.05) is 0 Å². The van der Waals surface area contributed by atoms with Crippen LogP contribution >= 0.6 is 0 Å². The minimum absolute atomic E-state index is 0.0902. The smallest absolute Gasteiger partial charge is 0.167 e. The zero-order valence-electron chi connectivity index (χ0n) is 9.15. The predicted octanol–water partition coefficient (Wildman–Crippen LogP) is 2.68. The van der Waals surface area contributed by atoms with E-state index >= 15 is 0 Å². The van der Waals surface area contributed by atoms with Crippen LogP contribution in [0.3, 0.4) is 0 Å². The molecule has 0 aromatic carbocycles. The Morgan fingerprint density at radius 1 is 1.36 bits per heavy atom.